The summed E-state index contributed by atoms with van der Waals surface area (Å²) in [6.45, 7) is 5.03. The van der Waals surface area contributed by atoms with Crippen molar-refractivity contribution in [2.45, 2.75) is 46.0 Å². The molecule has 0 saturated heterocycles. The molecule has 2 rings (SSSR count). The number of aryl methyl sites for hydroxylation is 1. The van der Waals surface area contributed by atoms with Gasteiger partial charge in [0, 0.05) is 4.88 Å². The van der Waals surface area contributed by atoms with Gasteiger partial charge in [0.25, 0.3) is 0 Å². The van der Waals surface area contributed by atoms with Crippen molar-refractivity contribution in [3.8, 4) is 5.88 Å². The molecule has 4 nitrogen and oxygen atoms in total. The van der Waals surface area contributed by atoms with Gasteiger partial charge in [-0.25, -0.2) is 4.98 Å². The molecule has 0 atom stereocenters. The number of nitrogens with zero attached hydrogens (tertiary/aromatic N) is 2. The standard InChI is InChI=1S/C14H21N3OS/c1-3-5-6-7-8-18-12-11-9-10(4-2)19-13(11)17-14(15)16-12/h9H,3-8H2,1-2H3,(H2,15,16,17). The highest BCUT2D eigenvalue weighted by molar-refractivity contribution is 7.18. The first-order valence-electron chi connectivity index (χ1n) is 6.93. The number of aromatic nitrogens is 2. The second-order valence-corrected chi connectivity index (χ2v) is 5.70. The number of thiophene rings is 1. The first kappa shape index (κ1) is 14.1. The highest BCUT2D eigenvalue weighted by Gasteiger charge is 2.11. The monoisotopic (exact) mass is 279 g/mol. The maximum Gasteiger partial charge on any atom is 0.227 e. The van der Waals surface area contributed by atoms with Gasteiger partial charge in [-0.1, -0.05) is 33.1 Å². The molecule has 0 radical (unpaired) electrons. The van der Waals surface area contributed by atoms with Gasteiger partial charge in [0.2, 0.25) is 11.8 Å². The number of nitrogen functional groups attached to an aromatic ring is 1. The van der Waals surface area contributed by atoms with Crippen LogP contribution in [0.1, 0.15) is 44.4 Å². The molecule has 0 aliphatic rings. The highest BCUT2D eigenvalue weighted by Crippen LogP contribution is 2.31. The van der Waals surface area contributed by atoms with Gasteiger partial charge in [0.15, 0.2) is 0 Å². The van der Waals surface area contributed by atoms with Crippen molar-refractivity contribution in [2.24, 2.45) is 0 Å². The average Bonchev–Trinajstić information content (AvgIpc) is 2.81. The molecule has 0 saturated carbocycles. The van der Waals surface area contributed by atoms with E-state index in [0.29, 0.717) is 18.4 Å². The predicted octanol–water partition coefficient (Wildman–Crippen LogP) is 3.80. The molecular weight excluding hydrogens is 258 g/mol. The lowest BCUT2D eigenvalue weighted by Gasteiger charge is -2.06. The zero-order valence-corrected chi connectivity index (χ0v) is 12.4. The van der Waals surface area contributed by atoms with Crippen LogP contribution in [0.4, 0.5) is 5.95 Å². The molecule has 19 heavy (non-hydrogen) atoms. The van der Waals surface area contributed by atoms with Crippen molar-refractivity contribution < 1.29 is 4.74 Å². The van der Waals surface area contributed by atoms with Crippen LogP contribution in [0.15, 0.2) is 6.07 Å². The molecule has 5 heteroatoms. The zero-order valence-electron chi connectivity index (χ0n) is 11.6. The highest BCUT2D eigenvalue weighted by atomic mass is 32.1. The van der Waals surface area contributed by atoms with Crippen LogP contribution in [0.25, 0.3) is 10.2 Å². The summed E-state index contributed by atoms with van der Waals surface area (Å²) < 4.78 is 5.78. The number of anilines is 1. The minimum atomic E-state index is 0.292. The van der Waals surface area contributed by atoms with E-state index in [1.807, 2.05) is 0 Å². The van der Waals surface area contributed by atoms with E-state index in [1.54, 1.807) is 11.3 Å². The van der Waals surface area contributed by atoms with Crippen molar-refractivity contribution in [3.63, 3.8) is 0 Å². The summed E-state index contributed by atoms with van der Waals surface area (Å²) in [6, 6.07) is 2.11. The molecule has 0 aliphatic carbocycles. The third-order valence-corrected chi connectivity index (χ3v) is 4.18. The molecule has 2 aromatic rings. The van der Waals surface area contributed by atoms with E-state index < -0.39 is 0 Å². The second-order valence-electron chi connectivity index (χ2n) is 4.58. The van der Waals surface area contributed by atoms with Crippen LogP contribution in [0.2, 0.25) is 0 Å². The van der Waals surface area contributed by atoms with Crippen LogP contribution in [0.5, 0.6) is 5.88 Å². The van der Waals surface area contributed by atoms with Gasteiger partial charge in [0.1, 0.15) is 4.83 Å². The Hall–Kier alpha value is -1.36. The molecule has 104 valence electrons. The molecule has 0 aliphatic heterocycles. The molecule has 0 fully saturated rings. The number of unbranched alkanes of at least 4 members (excludes halogenated alkanes) is 3. The van der Waals surface area contributed by atoms with Gasteiger partial charge >= 0.3 is 0 Å². The SMILES string of the molecule is CCCCCCOc1nc(N)nc2sc(CC)cc12. The molecular formula is C14H21N3OS. The van der Waals surface area contributed by atoms with Crippen molar-refractivity contribution in [1.82, 2.24) is 9.97 Å². The molecule has 2 heterocycles. The van der Waals surface area contributed by atoms with Crippen LogP contribution in [0.3, 0.4) is 0 Å². The van der Waals surface area contributed by atoms with E-state index in [1.165, 1.54) is 24.1 Å². The second kappa shape index (κ2) is 6.70. The Kier molecular flexibility index (Phi) is 4.96. The van der Waals surface area contributed by atoms with Crippen molar-refractivity contribution >= 4 is 27.5 Å². The summed E-state index contributed by atoms with van der Waals surface area (Å²) in [6.07, 6.45) is 5.74. The number of hydrogen-bond acceptors (Lipinski definition) is 5. The van der Waals surface area contributed by atoms with Crippen molar-refractivity contribution in [2.75, 3.05) is 12.3 Å². The number of hydrogen-bond donors (Lipinski definition) is 1. The normalized spacial score (nSPS) is 11.1. The summed E-state index contributed by atoms with van der Waals surface area (Å²) in [4.78, 5) is 10.7. The number of rotatable bonds is 7. The van der Waals surface area contributed by atoms with Crippen molar-refractivity contribution in [3.05, 3.63) is 10.9 Å². The summed E-state index contributed by atoms with van der Waals surface area (Å²) in [7, 11) is 0. The molecule has 0 spiro atoms. The van der Waals surface area contributed by atoms with Crippen LogP contribution in [-0.2, 0) is 6.42 Å². The van der Waals surface area contributed by atoms with E-state index in [-0.39, 0.29) is 0 Å². The fourth-order valence-electron chi connectivity index (χ4n) is 1.94. The van der Waals surface area contributed by atoms with Gasteiger partial charge in [-0.05, 0) is 18.9 Å². The van der Waals surface area contributed by atoms with E-state index in [9.17, 15) is 0 Å². The quantitative estimate of drug-likeness (QED) is 0.783. The first-order valence-corrected chi connectivity index (χ1v) is 7.75. The minimum Gasteiger partial charge on any atom is -0.477 e. The van der Waals surface area contributed by atoms with Crippen LogP contribution in [0, 0.1) is 0 Å². The van der Waals surface area contributed by atoms with E-state index in [0.717, 1.165) is 23.1 Å². The molecule has 0 aromatic carbocycles. The fourth-order valence-corrected chi connectivity index (χ4v) is 2.91. The first-order chi connectivity index (χ1) is 9.24. The average molecular weight is 279 g/mol. The maximum atomic E-state index is 5.78. The van der Waals surface area contributed by atoms with Crippen LogP contribution < -0.4 is 10.5 Å². The fraction of sp³-hybridized carbons (Fsp3) is 0.571. The van der Waals surface area contributed by atoms with Crippen molar-refractivity contribution in [1.29, 1.82) is 0 Å². The Morgan fingerprint density at radius 3 is 2.79 bits per heavy atom. The van der Waals surface area contributed by atoms with E-state index >= 15 is 0 Å². The largest absolute Gasteiger partial charge is 0.477 e. The van der Waals surface area contributed by atoms with Crippen LogP contribution >= 0.6 is 11.3 Å². The van der Waals surface area contributed by atoms with Gasteiger partial charge in [0.05, 0.1) is 12.0 Å². The Balaban J connectivity index is 2.10. The molecule has 0 bridgehead atoms. The lowest BCUT2D eigenvalue weighted by atomic mass is 10.2. The lowest BCUT2D eigenvalue weighted by molar-refractivity contribution is 0.298. The summed E-state index contributed by atoms with van der Waals surface area (Å²) in [5, 5.41) is 0.992. The Morgan fingerprint density at radius 1 is 1.21 bits per heavy atom. The van der Waals surface area contributed by atoms with E-state index in [4.69, 9.17) is 10.5 Å². The van der Waals surface area contributed by atoms with Crippen LogP contribution in [-0.4, -0.2) is 16.6 Å². The third-order valence-electron chi connectivity index (χ3n) is 3.01. The van der Waals surface area contributed by atoms with Gasteiger partial charge in [-0.15, -0.1) is 11.3 Å². The summed E-state index contributed by atoms with van der Waals surface area (Å²) >= 11 is 1.66. The maximum absolute atomic E-state index is 5.78. The van der Waals surface area contributed by atoms with Gasteiger partial charge in [-0.2, -0.15) is 4.98 Å². The summed E-state index contributed by atoms with van der Waals surface area (Å²) in [5.41, 5.74) is 5.73. The Labute approximate surface area is 118 Å². The minimum absolute atomic E-state index is 0.292. The number of fused-ring (bicyclic) bond motifs is 1. The number of nitrogens with two attached hydrogens (primary N) is 1. The topological polar surface area (TPSA) is 61.0 Å². The Morgan fingerprint density at radius 2 is 2.05 bits per heavy atom. The molecule has 0 amide bonds. The number of ether oxygens (including phenoxy) is 1. The molecule has 0 unspecified atom stereocenters. The molecule has 2 N–H and O–H groups in total. The van der Waals surface area contributed by atoms with Gasteiger partial charge in [-0.3, -0.25) is 0 Å². The predicted molar refractivity (Wildman–Crippen MR) is 80.8 cm³/mol. The zero-order chi connectivity index (χ0) is 13.7. The third kappa shape index (κ3) is 3.56. The Bertz CT molecular complexity index is 539. The lowest BCUT2D eigenvalue weighted by Crippen LogP contribution is -2.02. The van der Waals surface area contributed by atoms with E-state index in [2.05, 4.69) is 29.9 Å². The molecule has 2 aromatic heterocycles. The smallest absolute Gasteiger partial charge is 0.227 e. The summed E-state index contributed by atoms with van der Waals surface area (Å²) in [5.74, 6) is 0.926. The van der Waals surface area contributed by atoms with Gasteiger partial charge < -0.3 is 10.5 Å².